The summed E-state index contributed by atoms with van der Waals surface area (Å²) in [6.45, 7) is 0. The Morgan fingerprint density at radius 3 is 2.48 bits per heavy atom. The van der Waals surface area contributed by atoms with E-state index in [1.54, 1.807) is 12.1 Å². The highest BCUT2D eigenvalue weighted by Gasteiger charge is 2.29. The molecule has 10 heteroatoms. The molecule has 2 aromatic rings. The molecule has 0 aliphatic rings. The minimum absolute atomic E-state index is 0.0992. The molecular formula is C11H12N4O4S2. The summed E-state index contributed by atoms with van der Waals surface area (Å²) in [6, 6.07) is 4.14. The molecule has 21 heavy (non-hydrogen) atoms. The lowest BCUT2D eigenvalue weighted by Crippen LogP contribution is -2.25. The molecule has 0 unspecified atom stereocenters. The van der Waals surface area contributed by atoms with Gasteiger partial charge in [0.1, 0.15) is 4.21 Å². The number of nitrogens with one attached hydrogen (secondary N) is 1. The summed E-state index contributed by atoms with van der Waals surface area (Å²) in [7, 11) is -0.972. The predicted octanol–water partition coefficient (Wildman–Crippen LogP) is 1.92. The Morgan fingerprint density at radius 2 is 2.00 bits per heavy atom. The highest BCUT2D eigenvalue weighted by Crippen LogP contribution is 2.38. The second kappa shape index (κ2) is 5.66. The molecule has 2 rings (SSSR count). The van der Waals surface area contributed by atoms with E-state index in [0.717, 1.165) is 21.7 Å². The van der Waals surface area contributed by atoms with Crippen molar-refractivity contribution in [1.29, 1.82) is 0 Å². The van der Waals surface area contributed by atoms with E-state index in [2.05, 4.69) is 10.3 Å². The maximum absolute atomic E-state index is 12.5. The minimum Gasteiger partial charge on any atom is -0.374 e. The molecule has 0 spiro atoms. The monoisotopic (exact) mass is 328 g/mol. The lowest BCUT2D eigenvalue weighted by Gasteiger charge is -2.17. The molecule has 0 saturated carbocycles. The number of sulfonamides is 1. The molecule has 1 N–H and O–H groups in total. The topological polar surface area (TPSA) is 105 Å². The number of rotatable bonds is 5. The van der Waals surface area contributed by atoms with E-state index in [1.165, 1.54) is 26.5 Å². The third kappa shape index (κ3) is 2.81. The van der Waals surface area contributed by atoms with Crippen molar-refractivity contribution in [2.24, 2.45) is 0 Å². The second-order valence-electron chi connectivity index (χ2n) is 3.96. The largest absolute Gasteiger partial charge is 0.374 e. The molecule has 0 fully saturated rings. The van der Waals surface area contributed by atoms with Crippen molar-refractivity contribution < 1.29 is 13.3 Å². The molecule has 0 amide bonds. The van der Waals surface area contributed by atoms with Gasteiger partial charge in [0.15, 0.2) is 5.00 Å². The van der Waals surface area contributed by atoms with Gasteiger partial charge in [0, 0.05) is 32.6 Å². The molecule has 0 aliphatic heterocycles. The smallest absolute Gasteiger partial charge is 0.304 e. The van der Waals surface area contributed by atoms with Crippen molar-refractivity contribution in [2.75, 3.05) is 23.7 Å². The SMILES string of the molecule is CNc1sc(S(=O)(=O)N(C)c2ccncc2)cc1[N+](=O)[O-]. The zero-order chi connectivity index (χ0) is 15.6. The van der Waals surface area contributed by atoms with Crippen LogP contribution in [-0.2, 0) is 10.0 Å². The fourth-order valence-corrected chi connectivity index (χ4v) is 4.28. The van der Waals surface area contributed by atoms with Crippen LogP contribution in [0.25, 0.3) is 0 Å². The Balaban J connectivity index is 2.47. The first-order valence-corrected chi connectivity index (χ1v) is 7.98. The number of nitro groups is 1. The van der Waals surface area contributed by atoms with E-state index in [9.17, 15) is 18.5 Å². The average Bonchev–Trinajstić information content (AvgIpc) is 2.92. The van der Waals surface area contributed by atoms with Gasteiger partial charge in [0.2, 0.25) is 0 Å². The fourth-order valence-electron chi connectivity index (χ4n) is 1.63. The van der Waals surface area contributed by atoms with Gasteiger partial charge in [-0.15, -0.1) is 0 Å². The lowest BCUT2D eigenvalue weighted by atomic mass is 10.4. The molecule has 0 aromatic carbocycles. The van der Waals surface area contributed by atoms with E-state index in [0.29, 0.717) is 5.69 Å². The van der Waals surface area contributed by atoms with E-state index in [4.69, 9.17) is 0 Å². The first kappa shape index (κ1) is 15.2. The van der Waals surface area contributed by atoms with Gasteiger partial charge in [-0.25, -0.2) is 8.42 Å². The van der Waals surface area contributed by atoms with Gasteiger partial charge in [-0.05, 0) is 12.1 Å². The van der Waals surface area contributed by atoms with Crippen molar-refractivity contribution in [1.82, 2.24) is 4.98 Å². The van der Waals surface area contributed by atoms with E-state index >= 15 is 0 Å². The molecule has 0 atom stereocenters. The molecule has 0 aliphatic carbocycles. The summed E-state index contributed by atoms with van der Waals surface area (Å²) in [4.78, 5) is 14.1. The van der Waals surface area contributed by atoms with Crippen LogP contribution in [0.2, 0.25) is 0 Å². The molecule has 0 bridgehead atoms. The number of thiophene rings is 1. The Labute approximate surface area is 125 Å². The predicted molar refractivity (Wildman–Crippen MR) is 80.3 cm³/mol. The number of anilines is 2. The van der Waals surface area contributed by atoms with Crippen LogP contribution in [0.5, 0.6) is 0 Å². The van der Waals surface area contributed by atoms with Crippen LogP contribution in [0, 0.1) is 10.1 Å². The number of pyridine rings is 1. The minimum atomic E-state index is -3.86. The Bertz CT molecular complexity index is 758. The van der Waals surface area contributed by atoms with Crippen LogP contribution in [-0.4, -0.2) is 32.4 Å². The fraction of sp³-hybridized carbons (Fsp3) is 0.182. The lowest BCUT2D eigenvalue weighted by molar-refractivity contribution is -0.383. The Morgan fingerprint density at radius 1 is 1.38 bits per heavy atom. The van der Waals surface area contributed by atoms with Crippen molar-refractivity contribution >= 4 is 37.7 Å². The number of hydrogen-bond donors (Lipinski definition) is 1. The zero-order valence-corrected chi connectivity index (χ0v) is 12.8. The first-order valence-electron chi connectivity index (χ1n) is 5.73. The molecular weight excluding hydrogens is 316 g/mol. The quantitative estimate of drug-likeness (QED) is 0.664. The first-order chi connectivity index (χ1) is 9.87. The molecule has 2 aromatic heterocycles. The van der Waals surface area contributed by atoms with Crippen molar-refractivity contribution in [3.8, 4) is 0 Å². The van der Waals surface area contributed by atoms with Gasteiger partial charge in [-0.3, -0.25) is 19.4 Å². The third-order valence-corrected chi connectivity index (χ3v) is 6.13. The van der Waals surface area contributed by atoms with Crippen LogP contribution in [0.4, 0.5) is 16.4 Å². The van der Waals surface area contributed by atoms with Crippen molar-refractivity contribution in [2.45, 2.75) is 4.21 Å². The maximum Gasteiger partial charge on any atom is 0.304 e. The van der Waals surface area contributed by atoms with E-state index < -0.39 is 14.9 Å². The van der Waals surface area contributed by atoms with Gasteiger partial charge in [0.25, 0.3) is 10.0 Å². The summed E-state index contributed by atoms with van der Waals surface area (Å²) in [5, 5.41) is 13.7. The van der Waals surface area contributed by atoms with Gasteiger partial charge >= 0.3 is 5.69 Å². The molecule has 0 radical (unpaired) electrons. The van der Waals surface area contributed by atoms with Crippen molar-refractivity contribution in [3.63, 3.8) is 0 Å². The molecule has 2 heterocycles. The molecule has 112 valence electrons. The second-order valence-corrected chi connectivity index (χ2v) is 7.21. The Kier molecular flexibility index (Phi) is 4.09. The van der Waals surface area contributed by atoms with E-state index in [-0.39, 0.29) is 14.9 Å². The Hall–Kier alpha value is -2.20. The van der Waals surface area contributed by atoms with Gasteiger partial charge in [0.05, 0.1) is 10.6 Å². The van der Waals surface area contributed by atoms with Gasteiger partial charge in [-0.1, -0.05) is 11.3 Å². The molecule has 0 saturated heterocycles. The average molecular weight is 328 g/mol. The standard InChI is InChI=1S/C11H12N4O4S2/c1-12-11-9(15(16)17)7-10(20-11)21(18,19)14(2)8-3-5-13-6-4-8/h3-7,12H,1-2H3. The van der Waals surface area contributed by atoms with Crippen molar-refractivity contribution in [3.05, 3.63) is 40.7 Å². The number of nitrogens with zero attached hydrogens (tertiary/aromatic N) is 3. The highest BCUT2D eigenvalue weighted by molar-refractivity contribution is 7.94. The highest BCUT2D eigenvalue weighted by atomic mass is 32.2. The summed E-state index contributed by atoms with van der Waals surface area (Å²) in [5.41, 5.74) is 0.163. The van der Waals surface area contributed by atoms with Crippen LogP contribution < -0.4 is 9.62 Å². The van der Waals surface area contributed by atoms with Crippen LogP contribution in [0.3, 0.4) is 0 Å². The van der Waals surface area contributed by atoms with Crippen LogP contribution in [0.1, 0.15) is 0 Å². The number of hydrogen-bond acceptors (Lipinski definition) is 7. The summed E-state index contributed by atoms with van der Waals surface area (Å²) in [6.07, 6.45) is 2.94. The van der Waals surface area contributed by atoms with Gasteiger partial charge < -0.3 is 5.32 Å². The van der Waals surface area contributed by atoms with Crippen LogP contribution in [0.15, 0.2) is 34.8 Å². The summed E-state index contributed by atoms with van der Waals surface area (Å²) in [5.74, 6) is 0. The zero-order valence-electron chi connectivity index (χ0n) is 11.2. The normalized spacial score (nSPS) is 11.1. The maximum atomic E-state index is 12.5. The third-order valence-electron chi connectivity index (χ3n) is 2.75. The van der Waals surface area contributed by atoms with Gasteiger partial charge in [-0.2, -0.15) is 0 Å². The summed E-state index contributed by atoms with van der Waals surface area (Å²) < 4.78 is 26.0. The van der Waals surface area contributed by atoms with Crippen LogP contribution >= 0.6 is 11.3 Å². The molecule has 8 nitrogen and oxygen atoms in total. The number of aromatic nitrogens is 1. The van der Waals surface area contributed by atoms with E-state index in [1.807, 2.05) is 0 Å². The summed E-state index contributed by atoms with van der Waals surface area (Å²) >= 11 is 0.820.